The van der Waals surface area contributed by atoms with E-state index in [1.165, 1.54) is 25.3 Å². The van der Waals surface area contributed by atoms with E-state index in [0.29, 0.717) is 17.7 Å². The number of carbonyl (C=O) groups excluding carboxylic acids is 2. The highest BCUT2D eigenvalue weighted by molar-refractivity contribution is 7.89. The maximum absolute atomic E-state index is 12.7. The molecule has 166 valence electrons. The van der Waals surface area contributed by atoms with Crippen LogP contribution in [-0.4, -0.2) is 32.6 Å². The summed E-state index contributed by atoms with van der Waals surface area (Å²) < 4.78 is 32.9. The van der Waals surface area contributed by atoms with Crippen LogP contribution in [0.2, 0.25) is 0 Å². The van der Waals surface area contributed by atoms with Crippen molar-refractivity contribution in [2.24, 2.45) is 11.0 Å². The van der Waals surface area contributed by atoms with Crippen LogP contribution in [0.5, 0.6) is 5.75 Å². The average Bonchev–Trinajstić information content (AvgIpc) is 2.67. The monoisotopic (exact) mass is 445 g/mol. The number of esters is 1. The Morgan fingerprint density at radius 3 is 2.42 bits per heavy atom. The molecule has 0 radical (unpaired) electrons. The first-order valence-electron chi connectivity index (χ1n) is 9.77. The molecule has 2 N–H and O–H groups in total. The van der Waals surface area contributed by atoms with Crippen LogP contribution >= 0.6 is 0 Å². The molecule has 0 aliphatic rings. The number of aryl methyl sites for hydroxylation is 1. The highest BCUT2D eigenvalue weighted by Gasteiger charge is 2.26. The van der Waals surface area contributed by atoms with E-state index in [0.717, 1.165) is 5.56 Å². The summed E-state index contributed by atoms with van der Waals surface area (Å²) in [5.74, 6) is -0.594. The highest BCUT2D eigenvalue weighted by Crippen LogP contribution is 2.14. The molecule has 2 aromatic carbocycles. The van der Waals surface area contributed by atoms with E-state index in [2.05, 4.69) is 15.2 Å². The number of amides is 1. The van der Waals surface area contributed by atoms with Crippen molar-refractivity contribution in [3.05, 3.63) is 59.7 Å². The molecule has 0 saturated heterocycles. The van der Waals surface area contributed by atoms with E-state index in [1.54, 1.807) is 36.4 Å². The van der Waals surface area contributed by atoms with Crippen molar-refractivity contribution in [2.75, 3.05) is 0 Å². The maximum Gasteiger partial charge on any atom is 0.308 e. The molecule has 0 fully saturated rings. The molecule has 9 heteroatoms. The summed E-state index contributed by atoms with van der Waals surface area (Å²) in [6.45, 7) is 6.95. The lowest BCUT2D eigenvalue weighted by atomic mass is 10.0. The molecular weight excluding hydrogens is 418 g/mol. The molecule has 0 aliphatic carbocycles. The highest BCUT2D eigenvalue weighted by atomic mass is 32.2. The summed E-state index contributed by atoms with van der Waals surface area (Å²) in [6.07, 6.45) is 1.68. The van der Waals surface area contributed by atoms with Crippen LogP contribution in [0.15, 0.2) is 58.5 Å². The number of nitrogens with one attached hydrogen (secondary N) is 2. The van der Waals surface area contributed by atoms with E-state index >= 15 is 0 Å². The molecule has 2 aromatic rings. The fraction of sp³-hybridized carbons (Fsp3) is 0.318. The average molecular weight is 446 g/mol. The van der Waals surface area contributed by atoms with Gasteiger partial charge in [0.1, 0.15) is 11.8 Å². The van der Waals surface area contributed by atoms with Crippen LogP contribution < -0.4 is 14.9 Å². The van der Waals surface area contributed by atoms with Crippen LogP contribution in [-0.2, 0) is 19.6 Å². The normalized spacial score (nSPS) is 12.7. The van der Waals surface area contributed by atoms with E-state index < -0.39 is 27.9 Å². The predicted octanol–water partition coefficient (Wildman–Crippen LogP) is 2.76. The summed E-state index contributed by atoms with van der Waals surface area (Å²) in [7, 11) is -3.87. The third-order valence-corrected chi connectivity index (χ3v) is 5.65. The van der Waals surface area contributed by atoms with Gasteiger partial charge < -0.3 is 4.74 Å². The lowest BCUT2D eigenvalue weighted by Crippen LogP contribution is -2.46. The van der Waals surface area contributed by atoms with E-state index in [9.17, 15) is 18.0 Å². The smallest absolute Gasteiger partial charge is 0.308 e. The quantitative estimate of drug-likeness (QED) is 0.267. The number of carbonyl (C=O) groups is 2. The van der Waals surface area contributed by atoms with Gasteiger partial charge in [-0.25, -0.2) is 13.8 Å². The van der Waals surface area contributed by atoms with Crippen LogP contribution in [0, 0.1) is 12.8 Å². The van der Waals surface area contributed by atoms with Crippen molar-refractivity contribution >= 4 is 28.1 Å². The fourth-order valence-corrected chi connectivity index (χ4v) is 3.93. The summed E-state index contributed by atoms with van der Waals surface area (Å²) in [5.41, 5.74) is 3.91. The minimum atomic E-state index is -3.87. The number of hydrazone groups is 1. The lowest BCUT2D eigenvalue weighted by molar-refractivity contribution is -0.131. The van der Waals surface area contributed by atoms with Gasteiger partial charge in [-0.2, -0.15) is 9.82 Å². The molecule has 1 atom stereocenters. The van der Waals surface area contributed by atoms with Crippen molar-refractivity contribution in [1.29, 1.82) is 0 Å². The Balaban J connectivity index is 2.10. The summed E-state index contributed by atoms with van der Waals surface area (Å²) in [6, 6.07) is 12.0. The number of ether oxygens (including phenoxy) is 1. The van der Waals surface area contributed by atoms with Crippen molar-refractivity contribution < 1.29 is 22.7 Å². The number of benzene rings is 2. The maximum atomic E-state index is 12.7. The van der Waals surface area contributed by atoms with Crippen molar-refractivity contribution in [2.45, 2.75) is 45.1 Å². The predicted molar refractivity (Wildman–Crippen MR) is 118 cm³/mol. The van der Waals surface area contributed by atoms with Crippen molar-refractivity contribution in [3.8, 4) is 5.75 Å². The van der Waals surface area contributed by atoms with E-state index in [-0.39, 0.29) is 10.8 Å². The molecular formula is C22H27N3O5S. The van der Waals surface area contributed by atoms with Crippen LogP contribution in [0.3, 0.4) is 0 Å². The van der Waals surface area contributed by atoms with Gasteiger partial charge in [-0.15, -0.1) is 0 Å². The first-order chi connectivity index (χ1) is 14.6. The third-order valence-electron chi connectivity index (χ3n) is 4.16. The van der Waals surface area contributed by atoms with Gasteiger partial charge in [0.15, 0.2) is 0 Å². The largest absolute Gasteiger partial charge is 0.427 e. The Kier molecular flexibility index (Phi) is 8.47. The second kappa shape index (κ2) is 10.8. The van der Waals surface area contributed by atoms with E-state index in [1.807, 2.05) is 20.8 Å². The Morgan fingerprint density at radius 1 is 1.13 bits per heavy atom. The van der Waals surface area contributed by atoms with Crippen molar-refractivity contribution in [1.82, 2.24) is 10.1 Å². The Hall–Kier alpha value is -3.04. The number of nitrogens with zero attached hydrogens (tertiary/aromatic N) is 1. The molecule has 0 spiro atoms. The summed E-state index contributed by atoms with van der Waals surface area (Å²) in [5, 5.41) is 3.90. The number of rotatable bonds is 9. The minimum absolute atomic E-state index is 0.0702. The van der Waals surface area contributed by atoms with E-state index in [4.69, 9.17) is 4.74 Å². The van der Waals surface area contributed by atoms with Crippen LogP contribution in [0.1, 0.15) is 38.3 Å². The zero-order chi connectivity index (χ0) is 23.0. The van der Waals surface area contributed by atoms with Gasteiger partial charge in [-0.1, -0.05) is 43.7 Å². The molecule has 8 nitrogen and oxygen atoms in total. The van der Waals surface area contributed by atoms with Gasteiger partial charge in [0.05, 0.1) is 11.1 Å². The number of hydrogen-bond acceptors (Lipinski definition) is 6. The molecule has 0 heterocycles. The zero-order valence-electron chi connectivity index (χ0n) is 18.0. The standard InChI is InChI=1S/C22H27N3O5S/c1-15(2)12-21(25-31(28,29)20-10-8-16(3)9-11-20)22(27)24-23-14-18-6-5-7-19(13-18)30-17(4)26/h5-11,13-15,21,25H,12H2,1-4H3,(H,24,27)/b23-14-/t21-/m1/s1. The number of hydrogen-bond donors (Lipinski definition) is 2. The first-order valence-corrected chi connectivity index (χ1v) is 11.3. The molecule has 2 rings (SSSR count). The summed E-state index contributed by atoms with van der Waals surface area (Å²) in [4.78, 5) is 23.8. The van der Waals surface area contributed by atoms with Gasteiger partial charge in [-0.05, 0) is 49.1 Å². The van der Waals surface area contributed by atoms with Crippen LogP contribution in [0.25, 0.3) is 0 Å². The van der Waals surface area contributed by atoms with Gasteiger partial charge in [0.25, 0.3) is 5.91 Å². The second-order valence-corrected chi connectivity index (χ2v) is 9.23. The molecule has 0 aromatic heterocycles. The molecule has 31 heavy (non-hydrogen) atoms. The van der Waals surface area contributed by atoms with Gasteiger partial charge >= 0.3 is 5.97 Å². The second-order valence-electron chi connectivity index (χ2n) is 7.52. The Morgan fingerprint density at radius 2 is 1.81 bits per heavy atom. The minimum Gasteiger partial charge on any atom is -0.427 e. The van der Waals surface area contributed by atoms with Crippen LogP contribution in [0.4, 0.5) is 0 Å². The molecule has 0 unspecified atom stereocenters. The van der Waals surface area contributed by atoms with Crippen molar-refractivity contribution in [3.63, 3.8) is 0 Å². The van der Waals surface area contributed by atoms with Gasteiger partial charge in [0, 0.05) is 6.92 Å². The Bertz CT molecular complexity index is 1050. The van der Waals surface area contributed by atoms with Gasteiger partial charge in [0.2, 0.25) is 10.0 Å². The third kappa shape index (κ3) is 7.95. The van der Waals surface area contributed by atoms with Gasteiger partial charge in [-0.3, -0.25) is 9.59 Å². The zero-order valence-corrected chi connectivity index (χ0v) is 18.8. The SMILES string of the molecule is CC(=O)Oc1cccc(/C=N\NC(=O)[C@@H](CC(C)C)NS(=O)(=O)c2ccc(C)cc2)c1. The molecule has 0 bridgehead atoms. The Labute approximate surface area is 182 Å². The molecule has 1 amide bonds. The first kappa shape index (κ1) is 24.2. The molecule has 0 aliphatic heterocycles. The summed E-state index contributed by atoms with van der Waals surface area (Å²) >= 11 is 0. The number of sulfonamides is 1. The topological polar surface area (TPSA) is 114 Å². The fourth-order valence-electron chi connectivity index (χ4n) is 2.73. The molecule has 0 saturated carbocycles. The lowest BCUT2D eigenvalue weighted by Gasteiger charge is -2.19.